The highest BCUT2D eigenvalue weighted by molar-refractivity contribution is 7.89. The summed E-state index contributed by atoms with van der Waals surface area (Å²) in [6.07, 6.45) is 0. The van der Waals surface area contributed by atoms with E-state index < -0.39 is 10.0 Å². The Labute approximate surface area is 122 Å². The number of ether oxygens (including phenoxy) is 1. The lowest BCUT2D eigenvalue weighted by atomic mass is 10.2. The van der Waals surface area contributed by atoms with Gasteiger partial charge in [0.05, 0.1) is 5.69 Å². The van der Waals surface area contributed by atoms with Gasteiger partial charge in [-0.3, -0.25) is 0 Å². The van der Waals surface area contributed by atoms with Gasteiger partial charge in [0.2, 0.25) is 10.0 Å². The molecule has 0 aromatic heterocycles. The van der Waals surface area contributed by atoms with Crippen molar-refractivity contribution in [2.45, 2.75) is 11.8 Å². The van der Waals surface area contributed by atoms with Crippen LogP contribution in [0.15, 0.2) is 41.3 Å². The summed E-state index contributed by atoms with van der Waals surface area (Å²) in [5.74, 6) is 0.973. The molecular weight excluding hydrogens is 300 g/mol. The molecule has 0 fully saturated rings. The van der Waals surface area contributed by atoms with Gasteiger partial charge in [-0.2, -0.15) is 0 Å². The van der Waals surface area contributed by atoms with Gasteiger partial charge < -0.3 is 10.5 Å². The molecule has 0 spiro atoms. The van der Waals surface area contributed by atoms with E-state index in [4.69, 9.17) is 27.2 Å². The Bertz CT molecular complexity index is 760. The predicted octanol–water partition coefficient (Wildman–Crippen LogP) is 2.67. The average molecular weight is 313 g/mol. The Balaban J connectivity index is 2.36. The van der Waals surface area contributed by atoms with E-state index in [1.54, 1.807) is 12.1 Å². The first-order chi connectivity index (χ1) is 9.27. The molecule has 106 valence electrons. The first kappa shape index (κ1) is 14.6. The van der Waals surface area contributed by atoms with Gasteiger partial charge in [0.25, 0.3) is 0 Å². The van der Waals surface area contributed by atoms with E-state index in [-0.39, 0.29) is 10.6 Å². The number of aryl methyl sites for hydroxylation is 1. The van der Waals surface area contributed by atoms with Crippen LogP contribution in [-0.4, -0.2) is 8.42 Å². The smallest absolute Gasteiger partial charge is 0.240 e. The van der Waals surface area contributed by atoms with E-state index in [1.807, 2.05) is 13.0 Å². The van der Waals surface area contributed by atoms with Gasteiger partial charge >= 0.3 is 0 Å². The minimum absolute atomic E-state index is 0.0321. The van der Waals surface area contributed by atoms with E-state index in [0.717, 1.165) is 5.56 Å². The minimum Gasteiger partial charge on any atom is -0.457 e. The zero-order chi connectivity index (χ0) is 14.9. The van der Waals surface area contributed by atoms with Gasteiger partial charge in [0, 0.05) is 11.1 Å². The van der Waals surface area contributed by atoms with Crippen LogP contribution in [0.2, 0.25) is 5.02 Å². The number of rotatable bonds is 3. The highest BCUT2D eigenvalue weighted by Crippen LogP contribution is 2.30. The maximum Gasteiger partial charge on any atom is 0.240 e. The van der Waals surface area contributed by atoms with Crippen molar-refractivity contribution in [1.82, 2.24) is 0 Å². The van der Waals surface area contributed by atoms with Gasteiger partial charge in [0.1, 0.15) is 16.4 Å². The molecule has 0 unspecified atom stereocenters. The van der Waals surface area contributed by atoms with Crippen molar-refractivity contribution in [3.05, 3.63) is 47.0 Å². The van der Waals surface area contributed by atoms with Gasteiger partial charge in [0.15, 0.2) is 0 Å². The fourth-order valence-corrected chi connectivity index (χ4v) is 2.47. The van der Waals surface area contributed by atoms with Crippen LogP contribution >= 0.6 is 11.6 Å². The first-order valence-corrected chi connectivity index (χ1v) is 7.56. The highest BCUT2D eigenvalue weighted by atomic mass is 35.5. The van der Waals surface area contributed by atoms with Crippen molar-refractivity contribution < 1.29 is 13.2 Å². The molecule has 0 aliphatic rings. The van der Waals surface area contributed by atoms with Gasteiger partial charge in [-0.15, -0.1) is 0 Å². The SMILES string of the molecule is Cc1ccc(Cl)cc1Oc1ccc(S(N)(=O)=O)c(N)c1. The molecule has 4 N–H and O–H groups in total. The number of hydrogen-bond acceptors (Lipinski definition) is 4. The Morgan fingerprint density at radius 2 is 1.85 bits per heavy atom. The number of nitrogens with two attached hydrogens (primary N) is 2. The summed E-state index contributed by atoms with van der Waals surface area (Å²) in [7, 11) is -3.84. The monoisotopic (exact) mass is 312 g/mol. The third-order valence-corrected chi connectivity index (χ3v) is 3.89. The molecule has 0 bridgehead atoms. The lowest BCUT2D eigenvalue weighted by molar-refractivity contribution is 0.479. The van der Waals surface area contributed by atoms with E-state index in [2.05, 4.69) is 0 Å². The summed E-state index contributed by atoms with van der Waals surface area (Å²) in [4.78, 5) is -0.132. The molecule has 0 aliphatic carbocycles. The molecule has 2 aromatic carbocycles. The summed E-state index contributed by atoms with van der Waals surface area (Å²) in [5.41, 5.74) is 6.59. The number of benzene rings is 2. The molecule has 0 saturated carbocycles. The summed E-state index contributed by atoms with van der Waals surface area (Å²) in [6.45, 7) is 1.87. The van der Waals surface area contributed by atoms with Crippen LogP contribution < -0.4 is 15.6 Å². The molecule has 0 radical (unpaired) electrons. The second-order valence-electron chi connectivity index (χ2n) is 4.26. The van der Waals surface area contributed by atoms with Crippen LogP contribution in [0.5, 0.6) is 11.5 Å². The summed E-state index contributed by atoms with van der Waals surface area (Å²) in [6, 6.07) is 9.43. The molecule has 0 amide bonds. The normalized spacial score (nSPS) is 11.3. The number of hydrogen-bond donors (Lipinski definition) is 2. The fraction of sp³-hybridized carbons (Fsp3) is 0.0769. The summed E-state index contributed by atoms with van der Waals surface area (Å²) in [5, 5.41) is 5.58. The van der Waals surface area contributed by atoms with Crippen molar-refractivity contribution in [2.24, 2.45) is 5.14 Å². The lowest BCUT2D eigenvalue weighted by Crippen LogP contribution is -2.14. The number of halogens is 1. The quantitative estimate of drug-likeness (QED) is 0.852. The average Bonchev–Trinajstić information content (AvgIpc) is 2.32. The van der Waals surface area contributed by atoms with E-state index in [0.29, 0.717) is 16.5 Å². The molecule has 2 rings (SSSR count). The zero-order valence-corrected chi connectivity index (χ0v) is 12.2. The Morgan fingerprint density at radius 3 is 2.45 bits per heavy atom. The van der Waals surface area contributed by atoms with Crippen molar-refractivity contribution in [3.63, 3.8) is 0 Å². The summed E-state index contributed by atoms with van der Waals surface area (Å²) < 4.78 is 28.2. The maximum absolute atomic E-state index is 11.3. The predicted molar refractivity (Wildman–Crippen MR) is 78.5 cm³/mol. The molecular formula is C13H13ClN2O3S. The zero-order valence-electron chi connectivity index (χ0n) is 10.6. The number of sulfonamides is 1. The molecule has 0 atom stereocenters. The number of anilines is 1. The van der Waals surface area contributed by atoms with Crippen molar-refractivity contribution in [2.75, 3.05) is 5.73 Å². The van der Waals surface area contributed by atoms with Crippen LogP contribution in [0, 0.1) is 6.92 Å². The molecule has 20 heavy (non-hydrogen) atoms. The molecule has 7 heteroatoms. The van der Waals surface area contributed by atoms with E-state index in [9.17, 15) is 8.42 Å². The fourth-order valence-electron chi connectivity index (χ4n) is 1.66. The maximum atomic E-state index is 11.3. The minimum atomic E-state index is -3.84. The molecule has 0 heterocycles. The molecule has 5 nitrogen and oxygen atoms in total. The third-order valence-electron chi connectivity index (χ3n) is 2.67. The van der Waals surface area contributed by atoms with Crippen molar-refractivity contribution >= 4 is 27.3 Å². The second-order valence-corrected chi connectivity index (χ2v) is 6.22. The second kappa shape index (κ2) is 5.32. The van der Waals surface area contributed by atoms with Crippen LogP contribution in [0.4, 0.5) is 5.69 Å². The van der Waals surface area contributed by atoms with E-state index >= 15 is 0 Å². The lowest BCUT2D eigenvalue weighted by Gasteiger charge is -2.11. The van der Waals surface area contributed by atoms with Gasteiger partial charge in [-0.25, -0.2) is 13.6 Å². The number of primary sulfonamides is 1. The van der Waals surface area contributed by atoms with Crippen molar-refractivity contribution in [3.8, 4) is 11.5 Å². The van der Waals surface area contributed by atoms with Crippen LogP contribution in [0.1, 0.15) is 5.56 Å². The highest BCUT2D eigenvalue weighted by Gasteiger charge is 2.13. The third kappa shape index (κ3) is 3.22. The van der Waals surface area contributed by atoms with Gasteiger partial charge in [-0.1, -0.05) is 17.7 Å². The topological polar surface area (TPSA) is 95.4 Å². The molecule has 2 aromatic rings. The standard InChI is InChI=1S/C13H13ClN2O3S/c1-8-2-3-9(14)6-12(8)19-10-4-5-13(11(15)7-10)20(16,17)18/h2-7H,15H2,1H3,(H2,16,17,18). The largest absolute Gasteiger partial charge is 0.457 e. The summed E-state index contributed by atoms with van der Waals surface area (Å²) >= 11 is 5.90. The van der Waals surface area contributed by atoms with Crippen molar-refractivity contribution in [1.29, 1.82) is 0 Å². The molecule has 0 saturated heterocycles. The van der Waals surface area contributed by atoms with Crippen LogP contribution in [-0.2, 0) is 10.0 Å². The van der Waals surface area contributed by atoms with Crippen LogP contribution in [0.25, 0.3) is 0 Å². The Kier molecular flexibility index (Phi) is 3.89. The number of nitrogen functional groups attached to an aromatic ring is 1. The Morgan fingerprint density at radius 1 is 1.15 bits per heavy atom. The first-order valence-electron chi connectivity index (χ1n) is 5.64. The Hall–Kier alpha value is -1.76. The van der Waals surface area contributed by atoms with E-state index in [1.165, 1.54) is 18.2 Å². The van der Waals surface area contributed by atoms with Gasteiger partial charge in [-0.05, 0) is 36.8 Å². The van der Waals surface area contributed by atoms with Crippen LogP contribution in [0.3, 0.4) is 0 Å². The molecule has 0 aliphatic heterocycles.